The van der Waals surface area contributed by atoms with Crippen LogP contribution in [0.15, 0.2) is 11.4 Å². The maximum atomic E-state index is 6.00. The Balaban J connectivity index is 1.91. The summed E-state index contributed by atoms with van der Waals surface area (Å²) in [7, 11) is 0. The number of hydrogen-bond donors (Lipinski definition) is 1. The van der Waals surface area contributed by atoms with E-state index in [2.05, 4.69) is 30.1 Å². The molecule has 0 aromatic carbocycles. The van der Waals surface area contributed by atoms with Crippen LogP contribution >= 0.6 is 22.9 Å². The Kier molecular flexibility index (Phi) is 5.49. The second-order valence-electron chi connectivity index (χ2n) is 5.61. The van der Waals surface area contributed by atoms with Crippen LogP contribution in [0.4, 0.5) is 0 Å². The second-order valence-corrected chi connectivity index (χ2v) is 7.04. The Bertz CT molecular complexity index is 358. The lowest BCUT2D eigenvalue weighted by Gasteiger charge is -2.26. The molecule has 0 amide bonds. The molecular formula is C14H23ClN2S. The van der Waals surface area contributed by atoms with Crippen LogP contribution in [0.1, 0.15) is 31.6 Å². The first-order valence-electron chi connectivity index (χ1n) is 6.82. The summed E-state index contributed by atoms with van der Waals surface area (Å²) in [4.78, 5) is 3.94. The molecule has 1 aromatic rings. The molecule has 1 unspecified atom stereocenters. The zero-order chi connectivity index (χ0) is 13.0. The fourth-order valence-electron chi connectivity index (χ4n) is 2.60. The number of hydrogen-bond acceptors (Lipinski definition) is 3. The smallest absolute Gasteiger partial charge is 0.0516 e. The SMILES string of the molecule is CC(C)CN(Cc1cc(Cl)cs1)CC1CCCN1. The van der Waals surface area contributed by atoms with Gasteiger partial charge in [-0.1, -0.05) is 25.4 Å². The average Bonchev–Trinajstić information content (AvgIpc) is 2.89. The fraction of sp³-hybridized carbons (Fsp3) is 0.714. The molecule has 0 aliphatic carbocycles. The maximum absolute atomic E-state index is 6.00. The zero-order valence-electron chi connectivity index (χ0n) is 11.3. The standard InChI is InChI=1S/C14H23ClN2S/c1-11(2)7-17(8-13-4-3-5-16-13)9-14-6-12(15)10-18-14/h6,10-11,13,16H,3-5,7-9H2,1-2H3. The van der Waals surface area contributed by atoms with Crippen molar-refractivity contribution in [2.75, 3.05) is 19.6 Å². The van der Waals surface area contributed by atoms with E-state index in [0.717, 1.165) is 24.7 Å². The molecule has 2 rings (SSSR count). The van der Waals surface area contributed by atoms with Crippen LogP contribution in [-0.4, -0.2) is 30.6 Å². The summed E-state index contributed by atoms with van der Waals surface area (Å²) < 4.78 is 0. The van der Waals surface area contributed by atoms with Gasteiger partial charge in [-0.2, -0.15) is 0 Å². The summed E-state index contributed by atoms with van der Waals surface area (Å²) >= 11 is 7.77. The molecule has 0 saturated carbocycles. The van der Waals surface area contributed by atoms with Gasteiger partial charge in [-0.25, -0.2) is 0 Å². The van der Waals surface area contributed by atoms with Crippen LogP contribution in [-0.2, 0) is 6.54 Å². The first-order chi connectivity index (χ1) is 8.63. The van der Waals surface area contributed by atoms with Crippen molar-refractivity contribution in [2.45, 2.75) is 39.3 Å². The minimum Gasteiger partial charge on any atom is -0.313 e. The second kappa shape index (κ2) is 6.90. The quantitative estimate of drug-likeness (QED) is 0.859. The summed E-state index contributed by atoms with van der Waals surface area (Å²) in [5, 5.41) is 6.49. The molecule has 0 bridgehead atoms. The molecule has 1 N–H and O–H groups in total. The predicted molar refractivity (Wildman–Crippen MR) is 80.5 cm³/mol. The average molecular weight is 287 g/mol. The molecular weight excluding hydrogens is 264 g/mol. The van der Waals surface area contributed by atoms with Gasteiger partial charge in [0.2, 0.25) is 0 Å². The first-order valence-corrected chi connectivity index (χ1v) is 8.08. The van der Waals surface area contributed by atoms with E-state index in [9.17, 15) is 0 Å². The molecule has 4 heteroatoms. The lowest BCUT2D eigenvalue weighted by Crippen LogP contribution is -2.38. The Morgan fingerprint density at radius 1 is 1.56 bits per heavy atom. The summed E-state index contributed by atoms with van der Waals surface area (Å²) in [5.74, 6) is 0.710. The van der Waals surface area contributed by atoms with Crippen LogP contribution in [0.25, 0.3) is 0 Å². The minimum absolute atomic E-state index is 0.680. The Hall–Kier alpha value is -0.0900. The number of nitrogens with zero attached hydrogens (tertiary/aromatic N) is 1. The van der Waals surface area contributed by atoms with Gasteiger partial charge in [0.15, 0.2) is 0 Å². The summed E-state index contributed by atoms with van der Waals surface area (Å²) in [6.45, 7) is 9.12. The van der Waals surface area contributed by atoms with Gasteiger partial charge in [-0.3, -0.25) is 4.90 Å². The third-order valence-corrected chi connectivity index (χ3v) is 4.53. The van der Waals surface area contributed by atoms with Crippen LogP contribution in [0.5, 0.6) is 0 Å². The van der Waals surface area contributed by atoms with E-state index in [1.54, 1.807) is 11.3 Å². The van der Waals surface area contributed by atoms with Crippen molar-refractivity contribution in [1.29, 1.82) is 0 Å². The molecule has 0 spiro atoms. The lowest BCUT2D eigenvalue weighted by molar-refractivity contribution is 0.218. The normalized spacial score (nSPS) is 20.2. The van der Waals surface area contributed by atoms with Crippen molar-refractivity contribution in [3.8, 4) is 0 Å². The molecule has 1 fully saturated rings. The van der Waals surface area contributed by atoms with Crippen molar-refractivity contribution in [3.63, 3.8) is 0 Å². The van der Waals surface area contributed by atoms with Crippen molar-refractivity contribution in [3.05, 3.63) is 21.3 Å². The molecule has 1 aromatic heterocycles. The van der Waals surface area contributed by atoms with Gasteiger partial charge < -0.3 is 5.32 Å². The molecule has 2 heterocycles. The highest BCUT2D eigenvalue weighted by Gasteiger charge is 2.19. The Morgan fingerprint density at radius 2 is 2.39 bits per heavy atom. The highest BCUT2D eigenvalue weighted by molar-refractivity contribution is 7.10. The van der Waals surface area contributed by atoms with Gasteiger partial charge >= 0.3 is 0 Å². The van der Waals surface area contributed by atoms with E-state index in [1.165, 1.54) is 24.3 Å². The summed E-state index contributed by atoms with van der Waals surface area (Å²) in [5.41, 5.74) is 0. The van der Waals surface area contributed by atoms with Gasteiger partial charge in [0.05, 0.1) is 5.02 Å². The first kappa shape index (κ1) is 14.3. The van der Waals surface area contributed by atoms with Crippen LogP contribution in [0.2, 0.25) is 5.02 Å². The van der Waals surface area contributed by atoms with Gasteiger partial charge in [-0.15, -0.1) is 11.3 Å². The summed E-state index contributed by atoms with van der Waals surface area (Å²) in [6, 6.07) is 2.78. The molecule has 1 aliphatic heterocycles. The van der Waals surface area contributed by atoms with Crippen LogP contribution in [0.3, 0.4) is 0 Å². The number of nitrogens with one attached hydrogen (secondary N) is 1. The van der Waals surface area contributed by atoms with E-state index in [-0.39, 0.29) is 0 Å². The van der Waals surface area contributed by atoms with Crippen molar-refractivity contribution < 1.29 is 0 Å². The third kappa shape index (κ3) is 4.54. The largest absolute Gasteiger partial charge is 0.313 e. The molecule has 2 nitrogen and oxygen atoms in total. The van der Waals surface area contributed by atoms with Gasteiger partial charge in [0.25, 0.3) is 0 Å². The third-order valence-electron chi connectivity index (χ3n) is 3.27. The number of halogens is 1. The Labute approximate surface area is 119 Å². The van der Waals surface area contributed by atoms with Gasteiger partial charge in [0.1, 0.15) is 0 Å². The molecule has 1 atom stereocenters. The van der Waals surface area contributed by atoms with E-state index < -0.39 is 0 Å². The van der Waals surface area contributed by atoms with Gasteiger partial charge in [-0.05, 0) is 31.4 Å². The van der Waals surface area contributed by atoms with E-state index in [1.807, 2.05) is 5.38 Å². The number of thiophene rings is 1. The van der Waals surface area contributed by atoms with Crippen molar-refractivity contribution in [1.82, 2.24) is 10.2 Å². The van der Waals surface area contributed by atoms with E-state index >= 15 is 0 Å². The highest BCUT2D eigenvalue weighted by Crippen LogP contribution is 2.21. The lowest BCUT2D eigenvalue weighted by atomic mass is 10.1. The zero-order valence-corrected chi connectivity index (χ0v) is 12.9. The molecule has 1 aliphatic rings. The molecule has 18 heavy (non-hydrogen) atoms. The predicted octanol–water partition coefficient (Wildman–Crippen LogP) is 3.61. The number of rotatable bonds is 6. The topological polar surface area (TPSA) is 15.3 Å². The van der Waals surface area contributed by atoms with E-state index in [4.69, 9.17) is 11.6 Å². The highest BCUT2D eigenvalue weighted by atomic mass is 35.5. The minimum atomic E-state index is 0.680. The molecule has 102 valence electrons. The maximum Gasteiger partial charge on any atom is 0.0516 e. The van der Waals surface area contributed by atoms with Crippen LogP contribution in [0, 0.1) is 5.92 Å². The van der Waals surface area contributed by atoms with Crippen molar-refractivity contribution in [2.24, 2.45) is 5.92 Å². The van der Waals surface area contributed by atoms with E-state index in [0.29, 0.717) is 12.0 Å². The molecule has 1 saturated heterocycles. The Morgan fingerprint density at radius 3 is 2.94 bits per heavy atom. The van der Waals surface area contributed by atoms with Crippen LogP contribution < -0.4 is 5.32 Å². The fourth-order valence-corrected chi connectivity index (χ4v) is 3.72. The van der Waals surface area contributed by atoms with Crippen molar-refractivity contribution >= 4 is 22.9 Å². The van der Waals surface area contributed by atoms with Gasteiger partial charge in [0, 0.05) is 35.9 Å². The monoisotopic (exact) mass is 286 g/mol. The molecule has 0 radical (unpaired) electrons. The summed E-state index contributed by atoms with van der Waals surface area (Å²) in [6.07, 6.45) is 2.64.